The number of alkyl halides is 3. The molecule has 1 N–H and O–H groups in total. The van der Waals surface area contributed by atoms with Crippen LogP contribution < -0.4 is 10.1 Å². The number of aromatic nitrogens is 2. The second kappa shape index (κ2) is 10.2. The van der Waals surface area contributed by atoms with Crippen molar-refractivity contribution in [2.24, 2.45) is 0 Å². The number of hydrogen-bond donors (Lipinski definition) is 1. The highest BCUT2D eigenvalue weighted by Gasteiger charge is 2.33. The zero-order valence-corrected chi connectivity index (χ0v) is 17.1. The molecule has 3 rings (SSSR count). The second-order valence-electron chi connectivity index (χ2n) is 7.09. The quantitative estimate of drug-likeness (QED) is 0.507. The number of hydrogen-bond acceptors (Lipinski definition) is 6. The molecule has 0 radical (unpaired) electrons. The molecule has 0 bridgehead atoms. The average molecular weight is 425 g/mol. The predicted molar refractivity (Wildman–Crippen MR) is 105 cm³/mol. The highest BCUT2D eigenvalue weighted by Crippen LogP contribution is 2.39. The van der Waals surface area contributed by atoms with Crippen molar-refractivity contribution in [2.75, 3.05) is 26.6 Å². The van der Waals surface area contributed by atoms with E-state index in [2.05, 4.69) is 15.5 Å². The van der Waals surface area contributed by atoms with E-state index in [1.165, 1.54) is 13.0 Å². The Labute approximate surface area is 173 Å². The fraction of sp³-hybridized carbons (Fsp3) is 0.524. The standard InChI is InChI=1S/C21H26F3N3O3/c1-3-28-13-30-20-11-18(21(22,23)24)14(2)10-17(20)19-5-4-16(26-27-19)12-25-15-6-8-29-9-7-15/h4-5,10-11,15,25H,3,6-9,12-13H2,1-2H3. The number of nitrogens with one attached hydrogen (secondary N) is 1. The molecule has 2 aromatic rings. The summed E-state index contributed by atoms with van der Waals surface area (Å²) >= 11 is 0. The van der Waals surface area contributed by atoms with Gasteiger partial charge in [0.1, 0.15) is 5.75 Å². The van der Waals surface area contributed by atoms with Crippen LogP contribution in [0.25, 0.3) is 11.3 Å². The minimum Gasteiger partial charge on any atom is -0.467 e. The molecule has 1 aromatic carbocycles. The first kappa shape index (κ1) is 22.5. The Hall–Kier alpha value is -2.23. The molecule has 1 aromatic heterocycles. The average Bonchev–Trinajstić information content (AvgIpc) is 2.73. The third-order valence-electron chi connectivity index (χ3n) is 4.92. The monoisotopic (exact) mass is 425 g/mol. The molecule has 0 unspecified atom stereocenters. The smallest absolute Gasteiger partial charge is 0.416 e. The summed E-state index contributed by atoms with van der Waals surface area (Å²) in [5.74, 6) is 0.0590. The SMILES string of the molecule is CCOCOc1cc(C(F)(F)F)c(C)cc1-c1ccc(CNC2CCOCC2)nn1. The van der Waals surface area contributed by atoms with Gasteiger partial charge in [-0.2, -0.15) is 23.4 Å². The van der Waals surface area contributed by atoms with Crippen LogP contribution in [0, 0.1) is 6.92 Å². The Morgan fingerprint density at radius 2 is 1.93 bits per heavy atom. The molecule has 2 heterocycles. The molecule has 0 saturated carbocycles. The van der Waals surface area contributed by atoms with Crippen LogP contribution in [0.15, 0.2) is 24.3 Å². The molecular weight excluding hydrogens is 399 g/mol. The van der Waals surface area contributed by atoms with Gasteiger partial charge in [-0.05, 0) is 56.5 Å². The number of halogens is 3. The van der Waals surface area contributed by atoms with Crippen LogP contribution in [0.4, 0.5) is 13.2 Å². The fourth-order valence-corrected chi connectivity index (χ4v) is 3.25. The van der Waals surface area contributed by atoms with Gasteiger partial charge < -0.3 is 19.5 Å². The Morgan fingerprint density at radius 3 is 2.57 bits per heavy atom. The maximum absolute atomic E-state index is 13.3. The largest absolute Gasteiger partial charge is 0.467 e. The zero-order valence-electron chi connectivity index (χ0n) is 17.1. The molecular formula is C21H26F3N3O3. The van der Waals surface area contributed by atoms with Crippen LogP contribution in [-0.2, 0) is 22.2 Å². The fourth-order valence-electron chi connectivity index (χ4n) is 3.25. The topological polar surface area (TPSA) is 65.5 Å². The van der Waals surface area contributed by atoms with Gasteiger partial charge in [0.15, 0.2) is 6.79 Å². The molecule has 0 aliphatic carbocycles. The third-order valence-corrected chi connectivity index (χ3v) is 4.92. The van der Waals surface area contributed by atoms with Crippen molar-refractivity contribution in [1.82, 2.24) is 15.5 Å². The summed E-state index contributed by atoms with van der Waals surface area (Å²) in [7, 11) is 0. The Kier molecular flexibility index (Phi) is 7.63. The first-order chi connectivity index (χ1) is 14.4. The van der Waals surface area contributed by atoms with Crippen LogP contribution in [0.3, 0.4) is 0 Å². The molecule has 30 heavy (non-hydrogen) atoms. The van der Waals surface area contributed by atoms with Gasteiger partial charge in [-0.15, -0.1) is 0 Å². The predicted octanol–water partition coefficient (Wildman–Crippen LogP) is 4.11. The van der Waals surface area contributed by atoms with E-state index in [1.807, 2.05) is 6.07 Å². The summed E-state index contributed by atoms with van der Waals surface area (Å²) in [6.07, 6.45) is -2.56. The summed E-state index contributed by atoms with van der Waals surface area (Å²) in [6, 6.07) is 6.36. The van der Waals surface area contributed by atoms with E-state index in [1.54, 1.807) is 13.0 Å². The van der Waals surface area contributed by atoms with Crippen molar-refractivity contribution in [2.45, 2.75) is 45.5 Å². The van der Waals surface area contributed by atoms with E-state index < -0.39 is 11.7 Å². The van der Waals surface area contributed by atoms with E-state index in [0.29, 0.717) is 30.5 Å². The number of benzene rings is 1. The van der Waals surface area contributed by atoms with Gasteiger partial charge in [0.2, 0.25) is 0 Å². The van der Waals surface area contributed by atoms with Crippen molar-refractivity contribution in [3.8, 4) is 17.0 Å². The zero-order chi connectivity index (χ0) is 21.6. The number of aryl methyl sites for hydroxylation is 1. The molecule has 1 aliphatic rings. The Morgan fingerprint density at radius 1 is 1.17 bits per heavy atom. The Balaban J connectivity index is 1.79. The third kappa shape index (κ3) is 5.90. The molecule has 0 amide bonds. The van der Waals surface area contributed by atoms with E-state index in [-0.39, 0.29) is 18.1 Å². The molecule has 1 fully saturated rings. The Bertz CT molecular complexity index is 823. The summed E-state index contributed by atoms with van der Waals surface area (Å²) in [6.45, 7) is 5.50. The molecule has 164 valence electrons. The van der Waals surface area contributed by atoms with Crippen LogP contribution in [-0.4, -0.2) is 42.9 Å². The van der Waals surface area contributed by atoms with Gasteiger partial charge in [0.05, 0.1) is 17.0 Å². The molecule has 6 nitrogen and oxygen atoms in total. The van der Waals surface area contributed by atoms with Crippen LogP contribution in [0.5, 0.6) is 5.75 Å². The van der Waals surface area contributed by atoms with E-state index >= 15 is 0 Å². The van der Waals surface area contributed by atoms with Crippen molar-refractivity contribution < 1.29 is 27.4 Å². The van der Waals surface area contributed by atoms with Crippen molar-refractivity contribution in [1.29, 1.82) is 0 Å². The summed E-state index contributed by atoms with van der Waals surface area (Å²) in [4.78, 5) is 0. The van der Waals surface area contributed by atoms with Gasteiger partial charge in [-0.1, -0.05) is 0 Å². The van der Waals surface area contributed by atoms with Crippen LogP contribution in [0.1, 0.15) is 36.6 Å². The lowest BCUT2D eigenvalue weighted by Crippen LogP contribution is -2.34. The van der Waals surface area contributed by atoms with Crippen LogP contribution >= 0.6 is 0 Å². The van der Waals surface area contributed by atoms with Crippen LogP contribution in [0.2, 0.25) is 0 Å². The van der Waals surface area contributed by atoms with E-state index in [0.717, 1.165) is 37.8 Å². The molecule has 1 saturated heterocycles. The summed E-state index contributed by atoms with van der Waals surface area (Å²) < 4.78 is 55.9. The minimum atomic E-state index is -4.47. The summed E-state index contributed by atoms with van der Waals surface area (Å²) in [5.41, 5.74) is 0.978. The van der Waals surface area contributed by atoms with Crippen molar-refractivity contribution in [3.63, 3.8) is 0 Å². The highest BCUT2D eigenvalue weighted by atomic mass is 19.4. The lowest BCUT2D eigenvalue weighted by molar-refractivity contribution is -0.138. The number of nitrogens with zero attached hydrogens (tertiary/aromatic N) is 2. The van der Waals surface area contributed by atoms with Gasteiger partial charge >= 0.3 is 6.18 Å². The van der Waals surface area contributed by atoms with Crippen molar-refractivity contribution >= 4 is 0 Å². The maximum Gasteiger partial charge on any atom is 0.416 e. The molecule has 9 heteroatoms. The lowest BCUT2D eigenvalue weighted by Gasteiger charge is -2.22. The molecule has 0 atom stereocenters. The van der Waals surface area contributed by atoms with Gasteiger partial charge in [-0.3, -0.25) is 0 Å². The number of ether oxygens (including phenoxy) is 3. The highest BCUT2D eigenvalue weighted by molar-refractivity contribution is 5.69. The van der Waals surface area contributed by atoms with Crippen molar-refractivity contribution in [3.05, 3.63) is 41.1 Å². The van der Waals surface area contributed by atoms with Gasteiger partial charge in [-0.25, -0.2) is 0 Å². The first-order valence-corrected chi connectivity index (χ1v) is 9.95. The summed E-state index contributed by atoms with van der Waals surface area (Å²) in [5, 5.41) is 11.9. The second-order valence-corrected chi connectivity index (χ2v) is 7.09. The number of rotatable bonds is 8. The molecule has 1 aliphatic heterocycles. The van der Waals surface area contributed by atoms with Gasteiger partial charge in [0.25, 0.3) is 0 Å². The lowest BCUT2D eigenvalue weighted by atomic mass is 10.0. The van der Waals surface area contributed by atoms with Gasteiger partial charge in [0, 0.05) is 38.0 Å². The van der Waals surface area contributed by atoms with E-state index in [9.17, 15) is 13.2 Å². The molecule has 0 spiro atoms. The van der Waals surface area contributed by atoms with E-state index in [4.69, 9.17) is 14.2 Å². The first-order valence-electron chi connectivity index (χ1n) is 9.95. The minimum absolute atomic E-state index is 0.0590. The maximum atomic E-state index is 13.3. The normalized spacial score (nSPS) is 15.4.